The van der Waals surface area contributed by atoms with Gasteiger partial charge in [-0.15, -0.1) is 0 Å². The van der Waals surface area contributed by atoms with E-state index < -0.39 is 0 Å². The normalized spacial score (nSPS) is 14.8. The van der Waals surface area contributed by atoms with Gasteiger partial charge in [-0.3, -0.25) is 4.79 Å². The molecule has 2 rings (SSSR count). The average molecular weight is 250 g/mol. The van der Waals surface area contributed by atoms with Crippen LogP contribution in [0.5, 0.6) is 0 Å². The van der Waals surface area contributed by atoms with E-state index in [1.807, 2.05) is 35.4 Å². The highest BCUT2D eigenvalue weighted by Crippen LogP contribution is 2.28. The highest BCUT2D eigenvalue weighted by atomic mass is 32.2. The van der Waals surface area contributed by atoms with Gasteiger partial charge >= 0.3 is 0 Å². The Hall–Kier alpha value is -1.16. The summed E-state index contributed by atoms with van der Waals surface area (Å²) in [5.41, 5.74) is 2.10. The molecule has 1 aliphatic rings. The topological polar surface area (TPSA) is 32.3 Å². The van der Waals surface area contributed by atoms with Gasteiger partial charge in [-0.2, -0.15) is 11.8 Å². The van der Waals surface area contributed by atoms with E-state index in [9.17, 15) is 4.79 Å². The Morgan fingerprint density at radius 2 is 2.29 bits per heavy atom. The number of benzene rings is 1. The van der Waals surface area contributed by atoms with Crippen molar-refractivity contribution in [1.29, 1.82) is 0 Å². The maximum atomic E-state index is 12.2. The molecular formula is C13H18N2OS. The van der Waals surface area contributed by atoms with Crippen LogP contribution in [0.25, 0.3) is 0 Å². The number of fused-ring (bicyclic) bond motifs is 1. The molecule has 1 heterocycles. The SMILES string of the molecule is CSCCC(=O)N1CCCNc2ccccc21. The van der Waals surface area contributed by atoms with Gasteiger partial charge in [0.2, 0.25) is 5.91 Å². The first-order valence-electron chi connectivity index (χ1n) is 5.95. The summed E-state index contributed by atoms with van der Waals surface area (Å²) in [4.78, 5) is 14.1. The van der Waals surface area contributed by atoms with Crippen molar-refractivity contribution in [3.63, 3.8) is 0 Å². The number of carbonyl (C=O) groups is 1. The molecule has 92 valence electrons. The maximum Gasteiger partial charge on any atom is 0.227 e. The van der Waals surface area contributed by atoms with Crippen molar-refractivity contribution in [2.75, 3.05) is 35.3 Å². The fraction of sp³-hybridized carbons (Fsp3) is 0.462. The average Bonchev–Trinajstić information content (AvgIpc) is 2.58. The van der Waals surface area contributed by atoms with E-state index >= 15 is 0 Å². The molecule has 1 aromatic rings. The third-order valence-corrected chi connectivity index (χ3v) is 3.50. The molecular weight excluding hydrogens is 232 g/mol. The first kappa shape index (κ1) is 12.3. The molecule has 1 aromatic carbocycles. The van der Waals surface area contributed by atoms with Crippen LogP contribution < -0.4 is 10.2 Å². The smallest absolute Gasteiger partial charge is 0.227 e. The van der Waals surface area contributed by atoms with E-state index in [4.69, 9.17) is 0 Å². The molecule has 0 atom stereocenters. The zero-order valence-electron chi connectivity index (χ0n) is 10.1. The van der Waals surface area contributed by atoms with Gasteiger partial charge in [-0.1, -0.05) is 12.1 Å². The molecule has 1 amide bonds. The van der Waals surface area contributed by atoms with E-state index in [1.54, 1.807) is 11.8 Å². The number of carbonyl (C=O) groups excluding carboxylic acids is 1. The summed E-state index contributed by atoms with van der Waals surface area (Å²) >= 11 is 1.72. The molecule has 0 aliphatic carbocycles. The minimum Gasteiger partial charge on any atom is -0.383 e. The van der Waals surface area contributed by atoms with Crippen LogP contribution in [0.2, 0.25) is 0 Å². The summed E-state index contributed by atoms with van der Waals surface area (Å²) in [6.07, 6.45) is 3.65. The molecule has 0 fully saturated rings. The predicted molar refractivity (Wildman–Crippen MR) is 74.9 cm³/mol. The van der Waals surface area contributed by atoms with Crippen molar-refractivity contribution in [2.24, 2.45) is 0 Å². The molecule has 0 saturated heterocycles. The molecule has 0 aromatic heterocycles. The van der Waals surface area contributed by atoms with E-state index in [1.165, 1.54) is 0 Å². The monoisotopic (exact) mass is 250 g/mol. The second kappa shape index (κ2) is 5.96. The van der Waals surface area contributed by atoms with Crippen LogP contribution in [0.3, 0.4) is 0 Å². The highest BCUT2D eigenvalue weighted by molar-refractivity contribution is 7.98. The first-order valence-corrected chi connectivity index (χ1v) is 7.34. The molecule has 0 radical (unpaired) electrons. The van der Waals surface area contributed by atoms with Crippen LogP contribution in [0, 0.1) is 0 Å². The lowest BCUT2D eigenvalue weighted by molar-refractivity contribution is -0.118. The molecule has 0 unspecified atom stereocenters. The van der Waals surface area contributed by atoms with Gasteiger partial charge in [-0.05, 0) is 24.8 Å². The predicted octanol–water partition coefficient (Wildman–Crippen LogP) is 2.59. The third-order valence-electron chi connectivity index (χ3n) is 2.89. The molecule has 4 heteroatoms. The Bertz CT molecular complexity index is 395. The standard InChI is InChI=1S/C13H18N2OS/c1-17-10-7-13(16)15-9-4-8-14-11-5-2-3-6-12(11)15/h2-3,5-6,14H,4,7-10H2,1H3. The van der Waals surface area contributed by atoms with Crippen LogP contribution in [-0.4, -0.2) is 31.0 Å². The first-order chi connectivity index (χ1) is 8.33. The zero-order chi connectivity index (χ0) is 12.1. The van der Waals surface area contributed by atoms with Gasteiger partial charge < -0.3 is 10.2 Å². The zero-order valence-corrected chi connectivity index (χ0v) is 10.9. The summed E-state index contributed by atoms with van der Waals surface area (Å²) in [5, 5.41) is 3.37. The van der Waals surface area contributed by atoms with Crippen LogP contribution in [-0.2, 0) is 4.79 Å². The lowest BCUT2D eigenvalue weighted by Gasteiger charge is -2.22. The lowest BCUT2D eigenvalue weighted by Crippen LogP contribution is -2.31. The van der Waals surface area contributed by atoms with Crippen molar-refractivity contribution >= 4 is 29.0 Å². The summed E-state index contributed by atoms with van der Waals surface area (Å²) in [6.45, 7) is 1.75. The van der Waals surface area contributed by atoms with Gasteiger partial charge in [0, 0.05) is 25.3 Å². The van der Waals surface area contributed by atoms with Crippen molar-refractivity contribution in [1.82, 2.24) is 0 Å². The Balaban J connectivity index is 2.19. The highest BCUT2D eigenvalue weighted by Gasteiger charge is 2.19. The number of hydrogen-bond donors (Lipinski definition) is 1. The fourth-order valence-electron chi connectivity index (χ4n) is 2.02. The molecule has 1 aliphatic heterocycles. The van der Waals surface area contributed by atoms with E-state index in [0.29, 0.717) is 6.42 Å². The third kappa shape index (κ3) is 2.94. The second-order valence-corrected chi connectivity index (χ2v) is 5.07. The van der Waals surface area contributed by atoms with Crippen LogP contribution in [0.15, 0.2) is 24.3 Å². The van der Waals surface area contributed by atoms with Crippen LogP contribution in [0.4, 0.5) is 11.4 Å². The number of anilines is 2. The second-order valence-electron chi connectivity index (χ2n) is 4.09. The van der Waals surface area contributed by atoms with Gasteiger partial charge in [0.25, 0.3) is 0 Å². The summed E-state index contributed by atoms with van der Waals surface area (Å²) in [6, 6.07) is 8.04. The van der Waals surface area contributed by atoms with Crippen molar-refractivity contribution in [3.05, 3.63) is 24.3 Å². The minimum atomic E-state index is 0.232. The minimum absolute atomic E-state index is 0.232. The van der Waals surface area contributed by atoms with E-state index in [0.717, 1.165) is 36.6 Å². The summed E-state index contributed by atoms with van der Waals surface area (Å²) < 4.78 is 0. The summed E-state index contributed by atoms with van der Waals surface area (Å²) in [5.74, 6) is 1.13. The quantitative estimate of drug-likeness (QED) is 0.895. The Labute approximate surface area is 107 Å². The largest absolute Gasteiger partial charge is 0.383 e. The van der Waals surface area contributed by atoms with Crippen molar-refractivity contribution in [3.8, 4) is 0 Å². The van der Waals surface area contributed by atoms with E-state index in [-0.39, 0.29) is 5.91 Å². The van der Waals surface area contributed by atoms with Gasteiger partial charge in [0.15, 0.2) is 0 Å². The van der Waals surface area contributed by atoms with Crippen LogP contribution in [0.1, 0.15) is 12.8 Å². The van der Waals surface area contributed by atoms with Crippen LogP contribution >= 0.6 is 11.8 Å². The van der Waals surface area contributed by atoms with Gasteiger partial charge in [0.05, 0.1) is 11.4 Å². The Morgan fingerprint density at radius 1 is 1.47 bits per heavy atom. The molecule has 0 spiro atoms. The maximum absolute atomic E-state index is 12.2. The number of rotatable bonds is 3. The number of amides is 1. The Kier molecular flexibility index (Phi) is 4.31. The van der Waals surface area contributed by atoms with Gasteiger partial charge in [-0.25, -0.2) is 0 Å². The number of nitrogens with zero attached hydrogens (tertiary/aromatic N) is 1. The van der Waals surface area contributed by atoms with Gasteiger partial charge in [0.1, 0.15) is 0 Å². The van der Waals surface area contributed by atoms with Crippen molar-refractivity contribution < 1.29 is 4.79 Å². The Morgan fingerprint density at radius 3 is 3.12 bits per heavy atom. The molecule has 1 N–H and O–H groups in total. The lowest BCUT2D eigenvalue weighted by atomic mass is 10.2. The number of para-hydroxylation sites is 2. The molecule has 17 heavy (non-hydrogen) atoms. The molecule has 0 bridgehead atoms. The molecule has 0 saturated carbocycles. The molecule has 3 nitrogen and oxygen atoms in total. The number of thioether (sulfide) groups is 1. The fourth-order valence-corrected chi connectivity index (χ4v) is 2.40. The summed E-state index contributed by atoms with van der Waals surface area (Å²) in [7, 11) is 0. The number of nitrogens with one attached hydrogen (secondary N) is 1. The van der Waals surface area contributed by atoms with E-state index in [2.05, 4.69) is 5.32 Å². The number of hydrogen-bond acceptors (Lipinski definition) is 3. The van der Waals surface area contributed by atoms with Crippen molar-refractivity contribution in [2.45, 2.75) is 12.8 Å².